The molecule has 0 saturated carbocycles. The Kier molecular flexibility index (Phi) is 5.48. The summed E-state index contributed by atoms with van der Waals surface area (Å²) in [6.45, 7) is 5.04. The molecule has 152 valence electrons. The third kappa shape index (κ3) is 3.70. The standard InChI is InChI=1S/C20H29N5O3/c1-13(26)24-8-5-14(6-9-24)18-22-16-7-10-25(12-15(16)19(21-2)23-18)20(27)17-4-3-11-28-17/h14,17H,3-12H2,1-2H3,(H,21,22,23)/t17-/m0/s1. The minimum atomic E-state index is -0.286. The lowest BCUT2D eigenvalue weighted by atomic mass is 9.95. The molecule has 4 heterocycles. The van der Waals surface area contributed by atoms with E-state index in [1.54, 1.807) is 6.92 Å². The van der Waals surface area contributed by atoms with Gasteiger partial charge in [0.05, 0.1) is 12.2 Å². The Labute approximate surface area is 165 Å². The van der Waals surface area contributed by atoms with Gasteiger partial charge in [0.15, 0.2) is 0 Å². The number of piperidine rings is 1. The zero-order chi connectivity index (χ0) is 19.7. The molecule has 0 bridgehead atoms. The molecule has 1 N–H and O–H groups in total. The van der Waals surface area contributed by atoms with Crippen LogP contribution in [0.1, 0.15) is 55.6 Å². The Bertz CT molecular complexity index is 737. The van der Waals surface area contributed by atoms with Crippen LogP contribution in [0.15, 0.2) is 0 Å². The molecular formula is C20H29N5O3. The molecule has 4 rings (SSSR count). The van der Waals surface area contributed by atoms with Crippen LogP contribution in [0.4, 0.5) is 5.82 Å². The Balaban J connectivity index is 1.50. The van der Waals surface area contributed by atoms with E-state index in [4.69, 9.17) is 14.7 Å². The maximum atomic E-state index is 12.7. The second-order valence-electron chi connectivity index (χ2n) is 7.90. The van der Waals surface area contributed by atoms with E-state index in [0.717, 1.165) is 68.1 Å². The number of amides is 2. The van der Waals surface area contributed by atoms with Gasteiger partial charge in [0.1, 0.15) is 17.7 Å². The number of hydrogen-bond acceptors (Lipinski definition) is 6. The number of nitrogens with one attached hydrogen (secondary N) is 1. The van der Waals surface area contributed by atoms with Crippen molar-refractivity contribution in [3.63, 3.8) is 0 Å². The fourth-order valence-corrected chi connectivity index (χ4v) is 4.44. The normalized spacial score (nSPS) is 22.9. The Morgan fingerprint density at radius 2 is 1.89 bits per heavy atom. The van der Waals surface area contributed by atoms with E-state index >= 15 is 0 Å². The molecule has 0 aromatic carbocycles. The average Bonchev–Trinajstić information content (AvgIpc) is 3.27. The maximum absolute atomic E-state index is 12.7. The number of likely N-dealkylation sites (tertiary alicyclic amines) is 1. The molecule has 28 heavy (non-hydrogen) atoms. The predicted molar refractivity (Wildman–Crippen MR) is 104 cm³/mol. The van der Waals surface area contributed by atoms with Gasteiger partial charge in [0.2, 0.25) is 5.91 Å². The number of nitrogens with zero attached hydrogens (tertiary/aromatic N) is 4. The summed E-state index contributed by atoms with van der Waals surface area (Å²) in [5.74, 6) is 2.19. The summed E-state index contributed by atoms with van der Waals surface area (Å²) >= 11 is 0. The van der Waals surface area contributed by atoms with Crippen molar-refractivity contribution in [3.05, 3.63) is 17.1 Å². The van der Waals surface area contributed by atoms with Crippen LogP contribution in [0.3, 0.4) is 0 Å². The highest BCUT2D eigenvalue weighted by atomic mass is 16.5. The fourth-order valence-electron chi connectivity index (χ4n) is 4.44. The molecule has 0 unspecified atom stereocenters. The van der Waals surface area contributed by atoms with E-state index in [9.17, 15) is 9.59 Å². The van der Waals surface area contributed by atoms with Gasteiger partial charge in [-0.15, -0.1) is 0 Å². The summed E-state index contributed by atoms with van der Waals surface area (Å²) < 4.78 is 5.57. The van der Waals surface area contributed by atoms with Crippen LogP contribution in [0.2, 0.25) is 0 Å². The van der Waals surface area contributed by atoms with Crippen LogP contribution in [0, 0.1) is 0 Å². The smallest absolute Gasteiger partial charge is 0.252 e. The number of anilines is 1. The molecule has 2 saturated heterocycles. The van der Waals surface area contributed by atoms with Gasteiger partial charge in [-0.3, -0.25) is 9.59 Å². The summed E-state index contributed by atoms with van der Waals surface area (Å²) in [6, 6.07) is 0. The van der Waals surface area contributed by atoms with Crippen molar-refractivity contribution in [2.75, 3.05) is 38.6 Å². The molecule has 2 fully saturated rings. The molecule has 0 radical (unpaired) electrons. The number of hydrogen-bond donors (Lipinski definition) is 1. The Hall–Kier alpha value is -2.22. The average molecular weight is 387 g/mol. The molecule has 3 aliphatic rings. The van der Waals surface area contributed by atoms with Crippen LogP contribution in [0.25, 0.3) is 0 Å². The lowest BCUT2D eigenvalue weighted by Gasteiger charge is -2.33. The van der Waals surface area contributed by atoms with Crippen molar-refractivity contribution in [2.24, 2.45) is 0 Å². The first-order chi connectivity index (χ1) is 13.6. The number of carbonyl (C=O) groups excluding carboxylic acids is 2. The molecule has 1 atom stereocenters. The number of carbonyl (C=O) groups is 2. The third-order valence-corrected chi connectivity index (χ3v) is 6.14. The lowest BCUT2D eigenvalue weighted by molar-refractivity contribution is -0.141. The highest BCUT2D eigenvalue weighted by Gasteiger charge is 2.33. The van der Waals surface area contributed by atoms with Gasteiger partial charge in [0, 0.05) is 58.1 Å². The first-order valence-corrected chi connectivity index (χ1v) is 10.3. The van der Waals surface area contributed by atoms with Crippen molar-refractivity contribution in [3.8, 4) is 0 Å². The molecule has 8 heteroatoms. The summed E-state index contributed by atoms with van der Waals surface area (Å²) in [4.78, 5) is 37.7. The van der Waals surface area contributed by atoms with Crippen molar-refractivity contribution >= 4 is 17.6 Å². The van der Waals surface area contributed by atoms with E-state index < -0.39 is 0 Å². The molecule has 3 aliphatic heterocycles. The van der Waals surface area contributed by atoms with Gasteiger partial charge in [0.25, 0.3) is 5.91 Å². The number of aromatic nitrogens is 2. The Morgan fingerprint density at radius 1 is 1.11 bits per heavy atom. The van der Waals surface area contributed by atoms with E-state index in [1.165, 1.54) is 0 Å². The maximum Gasteiger partial charge on any atom is 0.252 e. The SMILES string of the molecule is CNc1nc(C2CCN(C(C)=O)CC2)nc2c1CN(C(=O)[C@@H]1CCCO1)CC2. The van der Waals surface area contributed by atoms with Crippen molar-refractivity contribution in [1.82, 2.24) is 19.8 Å². The molecule has 0 aliphatic carbocycles. The van der Waals surface area contributed by atoms with E-state index in [0.29, 0.717) is 19.7 Å². The van der Waals surface area contributed by atoms with Crippen molar-refractivity contribution in [1.29, 1.82) is 0 Å². The molecule has 2 amide bonds. The molecule has 8 nitrogen and oxygen atoms in total. The van der Waals surface area contributed by atoms with Gasteiger partial charge in [-0.2, -0.15) is 0 Å². The third-order valence-electron chi connectivity index (χ3n) is 6.14. The van der Waals surface area contributed by atoms with Crippen LogP contribution >= 0.6 is 0 Å². The topological polar surface area (TPSA) is 87.7 Å². The quantitative estimate of drug-likeness (QED) is 0.841. The van der Waals surface area contributed by atoms with Crippen molar-refractivity contribution < 1.29 is 14.3 Å². The largest absolute Gasteiger partial charge is 0.373 e. The van der Waals surface area contributed by atoms with Crippen LogP contribution in [-0.2, 0) is 27.3 Å². The lowest BCUT2D eigenvalue weighted by Crippen LogP contribution is -2.42. The van der Waals surface area contributed by atoms with Crippen LogP contribution in [0.5, 0.6) is 0 Å². The van der Waals surface area contributed by atoms with E-state index in [2.05, 4.69) is 5.32 Å². The van der Waals surface area contributed by atoms with Gasteiger partial charge in [-0.1, -0.05) is 0 Å². The highest BCUT2D eigenvalue weighted by molar-refractivity contribution is 5.81. The number of rotatable bonds is 3. The Morgan fingerprint density at radius 3 is 2.54 bits per heavy atom. The summed E-state index contributed by atoms with van der Waals surface area (Å²) in [7, 11) is 1.87. The van der Waals surface area contributed by atoms with Gasteiger partial charge in [-0.25, -0.2) is 9.97 Å². The fraction of sp³-hybridized carbons (Fsp3) is 0.700. The summed E-state index contributed by atoms with van der Waals surface area (Å²) in [5, 5.41) is 3.21. The van der Waals surface area contributed by atoms with Crippen LogP contribution in [-0.4, -0.2) is 71.0 Å². The zero-order valence-electron chi connectivity index (χ0n) is 16.7. The van der Waals surface area contributed by atoms with Gasteiger partial charge >= 0.3 is 0 Å². The predicted octanol–water partition coefficient (Wildman–Crippen LogP) is 1.31. The molecular weight excluding hydrogens is 358 g/mol. The first kappa shape index (κ1) is 19.1. The summed E-state index contributed by atoms with van der Waals surface area (Å²) in [5.41, 5.74) is 2.06. The minimum absolute atomic E-state index is 0.0888. The van der Waals surface area contributed by atoms with E-state index in [-0.39, 0.29) is 23.8 Å². The number of fused-ring (bicyclic) bond motifs is 1. The second-order valence-corrected chi connectivity index (χ2v) is 7.90. The molecule has 1 aromatic rings. The summed E-state index contributed by atoms with van der Waals surface area (Å²) in [6.07, 6.45) is 4.01. The number of ether oxygens (including phenoxy) is 1. The van der Waals surface area contributed by atoms with Crippen molar-refractivity contribution in [2.45, 2.75) is 57.6 Å². The zero-order valence-corrected chi connectivity index (χ0v) is 16.7. The second kappa shape index (κ2) is 8.03. The molecule has 1 aromatic heterocycles. The monoisotopic (exact) mass is 387 g/mol. The van der Waals surface area contributed by atoms with E-state index in [1.807, 2.05) is 16.8 Å². The molecule has 0 spiro atoms. The first-order valence-electron chi connectivity index (χ1n) is 10.3. The highest BCUT2D eigenvalue weighted by Crippen LogP contribution is 2.31. The van der Waals surface area contributed by atoms with Gasteiger partial charge in [-0.05, 0) is 25.7 Å². The van der Waals surface area contributed by atoms with Crippen LogP contribution < -0.4 is 5.32 Å². The van der Waals surface area contributed by atoms with Gasteiger partial charge < -0.3 is 19.9 Å². The minimum Gasteiger partial charge on any atom is -0.373 e.